The van der Waals surface area contributed by atoms with Gasteiger partial charge in [-0.2, -0.15) is 0 Å². The van der Waals surface area contributed by atoms with E-state index in [1.165, 1.54) is 43.2 Å². The number of aromatic nitrogens is 1. The van der Waals surface area contributed by atoms with Crippen LogP contribution in [-0.2, 0) is 16.6 Å². The molecule has 2 aromatic rings. The van der Waals surface area contributed by atoms with Gasteiger partial charge in [0.1, 0.15) is 0 Å². The van der Waals surface area contributed by atoms with Crippen molar-refractivity contribution in [1.82, 2.24) is 20.5 Å². The highest BCUT2D eigenvalue weighted by atomic mass is 16.2. The van der Waals surface area contributed by atoms with Crippen LogP contribution in [-0.4, -0.2) is 54.6 Å². The summed E-state index contributed by atoms with van der Waals surface area (Å²) in [5.74, 6) is 0.815. The van der Waals surface area contributed by atoms with Crippen molar-refractivity contribution in [2.24, 2.45) is 11.3 Å². The van der Waals surface area contributed by atoms with Crippen LogP contribution in [0, 0.1) is 18.3 Å². The zero-order valence-corrected chi connectivity index (χ0v) is 24.9. The molecule has 1 amide bonds. The summed E-state index contributed by atoms with van der Waals surface area (Å²) < 4.78 is 0. The Morgan fingerprint density at radius 1 is 1.13 bits per heavy atom. The van der Waals surface area contributed by atoms with E-state index in [-0.39, 0.29) is 16.7 Å². The van der Waals surface area contributed by atoms with Crippen LogP contribution in [0.25, 0.3) is 0 Å². The van der Waals surface area contributed by atoms with Crippen molar-refractivity contribution in [3.8, 4) is 0 Å². The number of hydrogen-bond acceptors (Lipinski definition) is 4. The second kappa shape index (κ2) is 11.7. The van der Waals surface area contributed by atoms with Gasteiger partial charge in [-0.3, -0.25) is 9.78 Å². The summed E-state index contributed by atoms with van der Waals surface area (Å²) in [5, 5.41) is 7.02. The highest BCUT2D eigenvalue weighted by Crippen LogP contribution is 2.48. The van der Waals surface area contributed by atoms with Crippen molar-refractivity contribution in [2.45, 2.75) is 102 Å². The minimum Gasteiger partial charge on any atom is -0.339 e. The number of rotatable bonds is 7. The molecular weight excluding hydrogens is 480 g/mol. The molecule has 5 unspecified atom stereocenters. The second-order valence-corrected chi connectivity index (χ2v) is 13.3. The van der Waals surface area contributed by atoms with E-state index in [4.69, 9.17) is 4.98 Å². The van der Waals surface area contributed by atoms with Crippen molar-refractivity contribution in [2.75, 3.05) is 26.7 Å². The molecule has 0 spiro atoms. The zero-order chi connectivity index (χ0) is 27.6. The van der Waals surface area contributed by atoms with Crippen molar-refractivity contribution >= 4 is 5.91 Å². The summed E-state index contributed by atoms with van der Waals surface area (Å²) in [4.78, 5) is 22.1. The average molecular weight is 531 g/mol. The molecule has 212 valence electrons. The lowest BCUT2D eigenvalue weighted by molar-refractivity contribution is -0.145. The fraction of sp³-hybridized carbons (Fsp3) is 0.647. The Balaban J connectivity index is 1.46. The van der Waals surface area contributed by atoms with Gasteiger partial charge in [0.05, 0.1) is 5.92 Å². The van der Waals surface area contributed by atoms with Crippen molar-refractivity contribution < 1.29 is 4.79 Å². The fourth-order valence-corrected chi connectivity index (χ4v) is 7.96. The quantitative estimate of drug-likeness (QED) is 0.478. The number of amides is 1. The van der Waals surface area contributed by atoms with Gasteiger partial charge in [0.15, 0.2) is 0 Å². The van der Waals surface area contributed by atoms with E-state index in [1.54, 1.807) is 0 Å². The molecule has 2 N–H and O–H groups in total. The van der Waals surface area contributed by atoms with Gasteiger partial charge in [-0.05, 0) is 75.1 Å². The van der Waals surface area contributed by atoms with Gasteiger partial charge in [-0.1, -0.05) is 69.5 Å². The average Bonchev–Trinajstić information content (AvgIpc) is 3.35. The molecule has 5 heteroatoms. The van der Waals surface area contributed by atoms with E-state index in [9.17, 15) is 4.79 Å². The lowest BCUT2D eigenvalue weighted by Crippen LogP contribution is -2.57. The number of aryl methyl sites for hydroxylation is 1. The van der Waals surface area contributed by atoms with Gasteiger partial charge < -0.3 is 15.5 Å². The van der Waals surface area contributed by atoms with Crippen molar-refractivity contribution in [1.29, 1.82) is 0 Å². The highest BCUT2D eigenvalue weighted by Gasteiger charge is 2.51. The topological polar surface area (TPSA) is 57.3 Å². The molecule has 5 atom stereocenters. The number of carbonyl (C=O) groups excluding carboxylic acids is 1. The largest absolute Gasteiger partial charge is 0.339 e. The van der Waals surface area contributed by atoms with Crippen molar-refractivity contribution in [3.05, 3.63) is 65.0 Å². The van der Waals surface area contributed by atoms with E-state index in [0.29, 0.717) is 23.9 Å². The first-order chi connectivity index (χ1) is 18.7. The van der Waals surface area contributed by atoms with Gasteiger partial charge in [-0.25, -0.2) is 0 Å². The molecule has 1 aliphatic carbocycles. The predicted molar refractivity (Wildman–Crippen MR) is 160 cm³/mol. The summed E-state index contributed by atoms with van der Waals surface area (Å²) in [7, 11) is 2.01. The number of nitrogens with one attached hydrogen (secondary N) is 2. The standard InChI is InChI=1S/C34H50N4O/c1-24-14-15-28(30(37-24)20-25(2)35-5)34(4)23-36-22-29(34)32(39)38-19-16-27(26-12-8-6-9-13-26)21-31(38)33(3)17-10-7-11-18-33/h6,8-9,12-15,25,27,29,31,35-36H,7,10-11,16-23H2,1-5H3. The van der Waals surface area contributed by atoms with Gasteiger partial charge in [-0.15, -0.1) is 0 Å². The SMILES string of the molecule is CNC(C)Cc1nc(C)ccc1C1(C)CNCC1C(=O)N1CCC(c2ccccc2)CC1C1(C)CCCCC1. The molecule has 3 aliphatic rings. The molecule has 2 saturated heterocycles. The van der Waals surface area contributed by atoms with Gasteiger partial charge in [0.25, 0.3) is 0 Å². The molecule has 3 fully saturated rings. The first-order valence-electron chi connectivity index (χ1n) is 15.5. The first kappa shape index (κ1) is 28.3. The molecule has 0 radical (unpaired) electrons. The number of likely N-dealkylation sites (tertiary alicyclic amines) is 1. The van der Waals surface area contributed by atoms with Crippen LogP contribution in [0.2, 0.25) is 0 Å². The molecule has 3 heterocycles. The van der Waals surface area contributed by atoms with E-state index in [2.05, 4.69) is 85.7 Å². The Labute approximate surface area is 236 Å². The smallest absolute Gasteiger partial charge is 0.228 e. The van der Waals surface area contributed by atoms with Crippen LogP contribution in [0.4, 0.5) is 0 Å². The molecule has 0 bridgehead atoms. The predicted octanol–water partition coefficient (Wildman–Crippen LogP) is 5.76. The lowest BCUT2D eigenvalue weighted by Gasteiger charge is -2.52. The third-order valence-corrected chi connectivity index (χ3v) is 10.6. The van der Waals surface area contributed by atoms with Crippen LogP contribution in [0.1, 0.15) is 94.1 Å². The molecular formula is C34H50N4O. The molecule has 1 aromatic heterocycles. The highest BCUT2D eigenvalue weighted by molar-refractivity contribution is 5.82. The molecule has 39 heavy (non-hydrogen) atoms. The van der Waals surface area contributed by atoms with Gasteiger partial charge in [0, 0.05) is 54.9 Å². The summed E-state index contributed by atoms with van der Waals surface area (Å²) >= 11 is 0. The number of carbonyl (C=O) groups is 1. The number of hydrogen-bond donors (Lipinski definition) is 2. The number of piperidine rings is 1. The first-order valence-corrected chi connectivity index (χ1v) is 15.5. The van der Waals surface area contributed by atoms with E-state index in [0.717, 1.165) is 50.3 Å². The molecule has 1 aromatic carbocycles. The molecule has 5 nitrogen and oxygen atoms in total. The Morgan fingerprint density at radius 3 is 2.59 bits per heavy atom. The number of likely N-dealkylation sites (N-methyl/N-ethyl adjacent to an activating group) is 1. The molecule has 5 rings (SSSR count). The Kier molecular flexibility index (Phi) is 8.49. The normalized spacial score (nSPS) is 29.8. The third-order valence-electron chi connectivity index (χ3n) is 10.6. The minimum absolute atomic E-state index is 0.0754. The maximum absolute atomic E-state index is 14.7. The van der Waals surface area contributed by atoms with Crippen LogP contribution in [0.3, 0.4) is 0 Å². The maximum Gasteiger partial charge on any atom is 0.228 e. The minimum atomic E-state index is -0.269. The van der Waals surface area contributed by atoms with Gasteiger partial charge in [0.2, 0.25) is 5.91 Å². The lowest BCUT2D eigenvalue weighted by atomic mass is 9.65. The van der Waals surface area contributed by atoms with Gasteiger partial charge >= 0.3 is 0 Å². The summed E-state index contributed by atoms with van der Waals surface area (Å²) in [6.07, 6.45) is 9.38. The Morgan fingerprint density at radius 2 is 1.87 bits per heavy atom. The Bertz CT molecular complexity index is 1130. The van der Waals surface area contributed by atoms with E-state index in [1.807, 2.05) is 7.05 Å². The van der Waals surface area contributed by atoms with E-state index < -0.39 is 0 Å². The zero-order valence-electron chi connectivity index (χ0n) is 24.9. The number of pyridine rings is 1. The summed E-state index contributed by atoms with van der Waals surface area (Å²) in [5.41, 5.74) is 4.80. The monoisotopic (exact) mass is 530 g/mol. The van der Waals surface area contributed by atoms with Crippen LogP contribution >= 0.6 is 0 Å². The third kappa shape index (κ3) is 5.67. The van der Waals surface area contributed by atoms with E-state index >= 15 is 0 Å². The van der Waals surface area contributed by atoms with Crippen molar-refractivity contribution in [3.63, 3.8) is 0 Å². The number of nitrogens with zero attached hydrogens (tertiary/aromatic N) is 2. The summed E-state index contributed by atoms with van der Waals surface area (Å²) in [6.45, 7) is 11.5. The summed E-state index contributed by atoms with van der Waals surface area (Å²) in [6, 6.07) is 16.1. The van der Waals surface area contributed by atoms with Crippen LogP contribution in [0.15, 0.2) is 42.5 Å². The Hall–Kier alpha value is -2.24. The fourth-order valence-electron chi connectivity index (χ4n) is 7.96. The molecule has 1 saturated carbocycles. The number of benzene rings is 1. The maximum atomic E-state index is 14.7. The van der Waals surface area contributed by atoms with Crippen LogP contribution in [0.5, 0.6) is 0 Å². The molecule has 2 aliphatic heterocycles. The van der Waals surface area contributed by atoms with Crippen LogP contribution < -0.4 is 10.6 Å². The second-order valence-electron chi connectivity index (χ2n) is 13.3.